The zero-order chi connectivity index (χ0) is 19.2. The lowest BCUT2D eigenvalue weighted by Gasteiger charge is -2.17. The van der Waals surface area contributed by atoms with E-state index in [4.69, 9.17) is 4.74 Å². The van der Waals surface area contributed by atoms with Gasteiger partial charge in [0, 0.05) is 27.6 Å². The van der Waals surface area contributed by atoms with Gasteiger partial charge in [0.15, 0.2) is 0 Å². The molecule has 0 aliphatic heterocycles. The summed E-state index contributed by atoms with van der Waals surface area (Å²) in [6.45, 7) is 4.00. The second kappa shape index (κ2) is 6.74. The molecule has 0 amide bonds. The van der Waals surface area contributed by atoms with Crippen molar-refractivity contribution in [2.75, 3.05) is 12.9 Å². The van der Waals surface area contributed by atoms with Crippen LogP contribution in [0.2, 0.25) is 0 Å². The van der Waals surface area contributed by atoms with Gasteiger partial charge in [-0.25, -0.2) is 4.98 Å². The molecule has 0 saturated heterocycles. The molecule has 1 unspecified atom stereocenters. The first-order valence-corrected chi connectivity index (χ1v) is 12.4. The SMILES string of the molecule is CC[SH](=O)(P)c1cccc(-c2ccc(OC)c3[nH]c4ncc(C)cc4c23)c1. The normalized spacial score (nSPS) is 12.6. The van der Waals surface area contributed by atoms with Gasteiger partial charge in [-0.3, -0.25) is 4.21 Å². The predicted molar refractivity (Wildman–Crippen MR) is 118 cm³/mol. The van der Waals surface area contributed by atoms with E-state index in [2.05, 4.69) is 36.6 Å². The summed E-state index contributed by atoms with van der Waals surface area (Å²) in [5.41, 5.74) is 4.98. The van der Waals surface area contributed by atoms with Gasteiger partial charge < -0.3 is 9.72 Å². The van der Waals surface area contributed by atoms with Gasteiger partial charge in [0.05, 0.1) is 12.6 Å². The fourth-order valence-corrected chi connectivity index (χ4v) is 5.01. The Labute approximate surface area is 161 Å². The van der Waals surface area contributed by atoms with E-state index < -0.39 is 9.55 Å². The molecule has 0 radical (unpaired) electrons. The highest BCUT2D eigenvalue weighted by molar-refractivity contribution is 8.45. The largest absolute Gasteiger partial charge is 0.495 e. The molecular weight excluding hydrogens is 375 g/mol. The van der Waals surface area contributed by atoms with Crippen molar-refractivity contribution in [3.63, 3.8) is 0 Å². The maximum absolute atomic E-state index is 12.9. The van der Waals surface area contributed by atoms with Crippen molar-refractivity contribution in [2.45, 2.75) is 18.7 Å². The molecule has 0 spiro atoms. The fourth-order valence-electron chi connectivity index (χ4n) is 3.47. The number of aryl methyl sites for hydroxylation is 1. The van der Waals surface area contributed by atoms with Crippen LogP contribution in [0.25, 0.3) is 33.1 Å². The number of ether oxygens (including phenoxy) is 1. The third-order valence-electron chi connectivity index (χ3n) is 4.99. The maximum atomic E-state index is 12.9. The summed E-state index contributed by atoms with van der Waals surface area (Å²) in [5.74, 6) is 1.40. The van der Waals surface area contributed by atoms with Gasteiger partial charge in [0.2, 0.25) is 0 Å². The van der Waals surface area contributed by atoms with Crippen molar-refractivity contribution in [2.24, 2.45) is 0 Å². The smallest absolute Gasteiger partial charge is 0.143 e. The minimum Gasteiger partial charge on any atom is -0.495 e. The molecule has 6 heteroatoms. The van der Waals surface area contributed by atoms with Crippen LogP contribution in [-0.2, 0) is 9.55 Å². The number of rotatable bonds is 4. The molecule has 0 fully saturated rings. The van der Waals surface area contributed by atoms with Crippen molar-refractivity contribution >= 4 is 39.9 Å². The number of hydrogen-bond donors (Lipinski definition) is 2. The number of aromatic nitrogens is 2. The van der Waals surface area contributed by atoms with E-state index in [0.29, 0.717) is 5.75 Å². The number of nitrogens with one attached hydrogen (secondary N) is 1. The van der Waals surface area contributed by atoms with Crippen LogP contribution in [0.5, 0.6) is 5.75 Å². The van der Waals surface area contributed by atoms with E-state index in [1.54, 1.807) is 7.11 Å². The summed E-state index contributed by atoms with van der Waals surface area (Å²) >= 11 is 0. The van der Waals surface area contributed by atoms with E-state index in [1.807, 2.05) is 44.3 Å². The lowest BCUT2D eigenvalue weighted by Crippen LogP contribution is -2.05. The van der Waals surface area contributed by atoms with Crippen LogP contribution in [0.4, 0.5) is 0 Å². The minimum atomic E-state index is -2.42. The molecule has 2 aromatic heterocycles. The number of H-pyrrole nitrogens is 1. The van der Waals surface area contributed by atoms with Crippen LogP contribution >= 0.6 is 8.44 Å². The van der Waals surface area contributed by atoms with Gasteiger partial charge >= 0.3 is 0 Å². The second-order valence-electron chi connectivity index (χ2n) is 6.76. The molecule has 4 nitrogen and oxygen atoms in total. The summed E-state index contributed by atoms with van der Waals surface area (Å²) in [6.07, 6.45) is 1.86. The van der Waals surface area contributed by atoms with Crippen LogP contribution in [0, 0.1) is 6.92 Å². The molecule has 0 aliphatic rings. The third kappa shape index (κ3) is 3.05. The molecular formula is C21H23N2O2PS. The number of pyridine rings is 1. The molecule has 1 atom stereocenters. The van der Waals surface area contributed by atoms with Crippen molar-refractivity contribution in [1.29, 1.82) is 0 Å². The number of nitrogens with zero attached hydrogens (tertiary/aromatic N) is 1. The van der Waals surface area contributed by atoms with Crippen LogP contribution in [0.1, 0.15) is 12.5 Å². The number of hydrogen-bond acceptors (Lipinski definition) is 3. The van der Waals surface area contributed by atoms with Crippen LogP contribution < -0.4 is 4.74 Å². The second-order valence-corrected chi connectivity index (χ2v) is 12.0. The van der Waals surface area contributed by atoms with E-state index in [9.17, 15) is 4.21 Å². The van der Waals surface area contributed by atoms with Gasteiger partial charge in [-0.05, 0) is 53.9 Å². The quantitative estimate of drug-likeness (QED) is 0.380. The van der Waals surface area contributed by atoms with Gasteiger partial charge in [0.25, 0.3) is 0 Å². The standard InChI is InChI=1S/C21H23N2O2PS/c1-4-27(24,26)15-7-5-6-14(11-15)16-8-9-18(25-3)20-19(16)17-10-13(2)12-22-21(17)23-20/h5-12,27H,4,26H2,1-3H3,(H,22,23). The summed E-state index contributed by atoms with van der Waals surface area (Å²) in [5, 5.41) is 2.14. The molecule has 4 rings (SSSR count). The Kier molecular flexibility index (Phi) is 4.53. The lowest BCUT2D eigenvalue weighted by molar-refractivity contribution is 0.419. The summed E-state index contributed by atoms with van der Waals surface area (Å²) in [4.78, 5) is 8.82. The Morgan fingerprint density at radius 2 is 2.04 bits per heavy atom. The van der Waals surface area contributed by atoms with Crippen molar-refractivity contribution < 1.29 is 8.95 Å². The van der Waals surface area contributed by atoms with Crippen LogP contribution in [0.15, 0.2) is 53.6 Å². The maximum Gasteiger partial charge on any atom is 0.143 e. The Morgan fingerprint density at radius 1 is 1.22 bits per heavy atom. The molecule has 2 heterocycles. The highest BCUT2D eigenvalue weighted by atomic mass is 32.8. The molecule has 0 bridgehead atoms. The molecule has 2 aromatic carbocycles. The Hall–Kier alpha value is -2.23. The predicted octanol–water partition coefficient (Wildman–Crippen LogP) is 4.89. The minimum absolute atomic E-state index is 0.620. The highest BCUT2D eigenvalue weighted by Crippen LogP contribution is 2.40. The average molecular weight is 398 g/mol. The summed E-state index contributed by atoms with van der Waals surface area (Å²) in [6, 6.07) is 14.2. The molecule has 0 aliphatic carbocycles. The zero-order valence-corrected chi connectivity index (χ0v) is 17.7. The summed E-state index contributed by atoms with van der Waals surface area (Å²) in [7, 11) is 1.81. The zero-order valence-electron chi connectivity index (χ0n) is 15.6. The van der Waals surface area contributed by atoms with Crippen molar-refractivity contribution in [3.05, 3.63) is 54.2 Å². The molecule has 1 N–H and O–H groups in total. The van der Waals surface area contributed by atoms with Gasteiger partial charge in [-0.1, -0.05) is 37.1 Å². The van der Waals surface area contributed by atoms with Gasteiger partial charge in [0.1, 0.15) is 11.4 Å². The van der Waals surface area contributed by atoms with Crippen LogP contribution in [-0.4, -0.2) is 27.0 Å². The monoisotopic (exact) mass is 398 g/mol. The third-order valence-corrected chi connectivity index (χ3v) is 9.07. The fraction of sp³-hybridized carbons (Fsp3) is 0.190. The van der Waals surface area contributed by atoms with Crippen LogP contribution in [0.3, 0.4) is 0 Å². The first-order chi connectivity index (χ1) is 12.9. The average Bonchev–Trinajstić information content (AvgIpc) is 3.06. The first-order valence-electron chi connectivity index (χ1n) is 8.88. The molecule has 4 aromatic rings. The Morgan fingerprint density at radius 3 is 2.78 bits per heavy atom. The van der Waals surface area contributed by atoms with Gasteiger partial charge in [-0.2, -0.15) is 0 Å². The van der Waals surface area contributed by atoms with Gasteiger partial charge in [-0.15, -0.1) is 0 Å². The summed E-state index contributed by atoms with van der Waals surface area (Å²) < 4.78 is 18.4. The van der Waals surface area contributed by atoms with E-state index >= 15 is 0 Å². The Balaban J connectivity index is 2.06. The van der Waals surface area contributed by atoms with E-state index in [-0.39, 0.29) is 0 Å². The van der Waals surface area contributed by atoms with E-state index in [1.165, 1.54) is 0 Å². The number of benzene rings is 2. The Bertz CT molecular complexity index is 1220. The number of methoxy groups -OCH3 is 1. The van der Waals surface area contributed by atoms with E-state index in [0.717, 1.165) is 49.3 Å². The number of fused-ring (bicyclic) bond motifs is 3. The molecule has 0 saturated carbocycles. The molecule has 27 heavy (non-hydrogen) atoms. The first kappa shape index (κ1) is 18.1. The highest BCUT2D eigenvalue weighted by Gasteiger charge is 2.17. The molecule has 140 valence electrons. The van der Waals surface area contributed by atoms with Crippen molar-refractivity contribution in [1.82, 2.24) is 9.97 Å². The lowest BCUT2D eigenvalue weighted by atomic mass is 9.99. The number of thiol groups is 1. The van der Waals surface area contributed by atoms with Crippen molar-refractivity contribution in [3.8, 4) is 16.9 Å². The number of aromatic amines is 1. The topological polar surface area (TPSA) is 55.0 Å².